The van der Waals surface area contributed by atoms with Gasteiger partial charge in [0.25, 0.3) is 0 Å². The van der Waals surface area contributed by atoms with Gasteiger partial charge in [-0.3, -0.25) is 10.7 Å². The van der Waals surface area contributed by atoms with Gasteiger partial charge >= 0.3 is 0 Å². The van der Waals surface area contributed by atoms with Crippen LogP contribution in [0.5, 0.6) is 0 Å². The van der Waals surface area contributed by atoms with Crippen LogP contribution < -0.4 is 5.48 Å². The maximum Gasteiger partial charge on any atom is 0.150 e. The smallest absolute Gasteiger partial charge is 0.150 e. The lowest BCUT2D eigenvalue weighted by atomic mass is 10.1. The van der Waals surface area contributed by atoms with E-state index < -0.39 is 0 Å². The lowest BCUT2D eigenvalue weighted by Gasteiger charge is -2.23. The highest BCUT2D eigenvalue weighted by molar-refractivity contribution is 5.85. The first-order valence-electron chi connectivity index (χ1n) is 7.30. The highest BCUT2D eigenvalue weighted by Crippen LogP contribution is 2.29. The van der Waals surface area contributed by atoms with E-state index in [0.29, 0.717) is 5.69 Å². The van der Waals surface area contributed by atoms with Gasteiger partial charge in [0.1, 0.15) is 0 Å². The topological polar surface area (TPSA) is 59.3 Å². The van der Waals surface area contributed by atoms with Crippen molar-refractivity contribution in [1.29, 1.82) is 0 Å². The van der Waals surface area contributed by atoms with Crippen molar-refractivity contribution in [3.05, 3.63) is 23.9 Å². The maximum absolute atomic E-state index is 8.94. The molecule has 5 heteroatoms. The van der Waals surface area contributed by atoms with Crippen LogP contribution in [0.1, 0.15) is 45.0 Å². The minimum atomic E-state index is 0.0443. The van der Waals surface area contributed by atoms with Crippen LogP contribution in [0.4, 0.5) is 5.69 Å². The molecule has 0 saturated carbocycles. The second kappa shape index (κ2) is 6.72. The predicted molar refractivity (Wildman–Crippen MR) is 80.1 cm³/mol. The number of aryl methyl sites for hydroxylation is 1. The molecule has 0 spiro atoms. The largest absolute Gasteiger partial charge is 0.356 e. The number of nitrogens with one attached hydrogen (secondary N) is 1. The average molecular weight is 277 g/mol. The molecule has 2 N–H and O–H groups in total. The number of rotatable bonds is 2. The first-order valence-corrected chi connectivity index (χ1v) is 7.30. The molecule has 0 radical (unpaired) electrons. The quantitative estimate of drug-likeness (QED) is 0.818. The first-order chi connectivity index (χ1) is 9.79. The fourth-order valence-corrected chi connectivity index (χ4v) is 2.50. The fourth-order valence-electron chi connectivity index (χ4n) is 2.50. The van der Waals surface area contributed by atoms with Crippen LogP contribution in [-0.2, 0) is 4.74 Å². The Bertz CT molecular complexity index is 559. The number of aromatic nitrogens is 2. The van der Waals surface area contributed by atoms with Crippen molar-refractivity contribution < 1.29 is 9.94 Å². The summed E-state index contributed by atoms with van der Waals surface area (Å²) in [6.07, 6.45) is 3.37. The van der Waals surface area contributed by atoms with E-state index in [-0.39, 0.29) is 6.23 Å². The van der Waals surface area contributed by atoms with E-state index >= 15 is 0 Å². The lowest BCUT2D eigenvalue weighted by molar-refractivity contribution is -0.0368. The fraction of sp³-hybridized carbons (Fsp3) is 0.533. The van der Waals surface area contributed by atoms with Crippen molar-refractivity contribution in [1.82, 2.24) is 9.78 Å². The molecule has 20 heavy (non-hydrogen) atoms. The minimum absolute atomic E-state index is 0.0443. The summed E-state index contributed by atoms with van der Waals surface area (Å²) in [4.78, 5) is 0. The Morgan fingerprint density at radius 3 is 2.80 bits per heavy atom. The van der Waals surface area contributed by atoms with Gasteiger partial charge < -0.3 is 4.74 Å². The molecule has 5 nitrogen and oxygen atoms in total. The molecule has 0 aliphatic carbocycles. The van der Waals surface area contributed by atoms with Gasteiger partial charge in [0.15, 0.2) is 6.23 Å². The zero-order chi connectivity index (χ0) is 14.5. The molecule has 0 amide bonds. The number of ether oxygens (including phenoxy) is 1. The van der Waals surface area contributed by atoms with E-state index in [0.717, 1.165) is 36.0 Å². The summed E-state index contributed by atoms with van der Waals surface area (Å²) in [5.74, 6) is 0. The van der Waals surface area contributed by atoms with Crippen LogP contribution in [-0.4, -0.2) is 21.6 Å². The third-order valence-electron chi connectivity index (χ3n) is 3.45. The number of hydrogen-bond donors (Lipinski definition) is 2. The Hall–Kier alpha value is -1.59. The molecule has 2 heterocycles. The van der Waals surface area contributed by atoms with Crippen LogP contribution in [0.2, 0.25) is 0 Å². The molecule has 1 unspecified atom stereocenters. The maximum atomic E-state index is 8.94. The van der Waals surface area contributed by atoms with E-state index in [2.05, 4.69) is 10.6 Å². The number of fused-ring (bicyclic) bond motifs is 1. The minimum Gasteiger partial charge on any atom is -0.356 e. The van der Waals surface area contributed by atoms with E-state index in [1.165, 1.54) is 6.42 Å². The second-order valence-corrected chi connectivity index (χ2v) is 4.69. The van der Waals surface area contributed by atoms with Gasteiger partial charge in [-0.05, 0) is 44.4 Å². The van der Waals surface area contributed by atoms with Crippen LogP contribution >= 0.6 is 0 Å². The summed E-state index contributed by atoms with van der Waals surface area (Å²) in [6.45, 7) is 6.78. The van der Waals surface area contributed by atoms with Gasteiger partial charge in [0.2, 0.25) is 0 Å². The summed E-state index contributed by atoms with van der Waals surface area (Å²) in [6, 6.07) is 5.70. The molecular formula is C15H23N3O2. The Morgan fingerprint density at radius 1 is 1.35 bits per heavy atom. The Morgan fingerprint density at radius 2 is 2.15 bits per heavy atom. The summed E-state index contributed by atoms with van der Waals surface area (Å²) >= 11 is 0. The van der Waals surface area contributed by atoms with E-state index in [9.17, 15) is 0 Å². The molecule has 2 aromatic rings. The third-order valence-corrected chi connectivity index (χ3v) is 3.45. The highest BCUT2D eigenvalue weighted by atomic mass is 16.5. The van der Waals surface area contributed by atoms with Crippen molar-refractivity contribution in [2.45, 2.75) is 46.3 Å². The number of anilines is 1. The Kier molecular flexibility index (Phi) is 4.98. The molecule has 1 atom stereocenters. The van der Waals surface area contributed by atoms with Gasteiger partial charge in [-0.15, -0.1) is 0 Å². The monoisotopic (exact) mass is 277 g/mol. The van der Waals surface area contributed by atoms with Crippen molar-refractivity contribution >= 4 is 16.6 Å². The van der Waals surface area contributed by atoms with Crippen LogP contribution in [0.3, 0.4) is 0 Å². The molecular weight excluding hydrogens is 254 g/mol. The lowest BCUT2D eigenvalue weighted by Crippen LogP contribution is -2.19. The van der Waals surface area contributed by atoms with E-state index in [1.807, 2.05) is 43.7 Å². The molecule has 1 saturated heterocycles. The van der Waals surface area contributed by atoms with E-state index in [4.69, 9.17) is 9.94 Å². The first kappa shape index (κ1) is 14.8. The average Bonchev–Trinajstić information content (AvgIpc) is 2.87. The molecule has 0 bridgehead atoms. The second-order valence-electron chi connectivity index (χ2n) is 4.69. The Balaban J connectivity index is 0.000000704. The zero-order valence-electron chi connectivity index (χ0n) is 12.4. The van der Waals surface area contributed by atoms with Gasteiger partial charge in [0.05, 0.1) is 16.9 Å². The molecule has 3 rings (SSSR count). The Labute approximate surface area is 119 Å². The van der Waals surface area contributed by atoms with Gasteiger partial charge in [-0.25, -0.2) is 4.68 Å². The summed E-state index contributed by atoms with van der Waals surface area (Å²) in [5, 5.41) is 14.6. The zero-order valence-corrected chi connectivity index (χ0v) is 12.4. The van der Waals surface area contributed by atoms with Crippen LogP contribution in [0.15, 0.2) is 18.2 Å². The molecule has 1 fully saturated rings. The number of nitrogens with zero attached hydrogens (tertiary/aromatic N) is 2. The normalized spacial score (nSPS) is 18.5. The molecule has 1 aliphatic rings. The number of benzene rings is 1. The summed E-state index contributed by atoms with van der Waals surface area (Å²) < 4.78 is 7.74. The molecule has 1 aromatic heterocycles. The molecule has 110 valence electrons. The SMILES string of the molecule is CC.Cc1nn(C2CCCCO2)c2ccc(NO)cc12. The van der Waals surface area contributed by atoms with Crippen LogP contribution in [0.25, 0.3) is 10.9 Å². The standard InChI is InChI=1S/C13H17N3O2.C2H6/c1-9-11-8-10(15-17)5-6-12(11)16(14-9)13-4-2-3-7-18-13;1-2/h5-6,8,13,15,17H,2-4,7H2,1H3;1-2H3. The summed E-state index contributed by atoms with van der Waals surface area (Å²) in [5.41, 5.74) is 4.85. The predicted octanol–water partition coefficient (Wildman–Crippen LogP) is 3.87. The van der Waals surface area contributed by atoms with Gasteiger partial charge in [-0.2, -0.15) is 5.10 Å². The van der Waals surface area contributed by atoms with E-state index in [1.54, 1.807) is 0 Å². The van der Waals surface area contributed by atoms with Crippen LogP contribution in [0, 0.1) is 6.92 Å². The van der Waals surface area contributed by atoms with Crippen molar-refractivity contribution in [3.63, 3.8) is 0 Å². The van der Waals surface area contributed by atoms with Gasteiger partial charge in [0, 0.05) is 12.0 Å². The van der Waals surface area contributed by atoms with Crippen molar-refractivity contribution in [2.24, 2.45) is 0 Å². The third kappa shape index (κ3) is 2.78. The van der Waals surface area contributed by atoms with Gasteiger partial charge in [-0.1, -0.05) is 13.8 Å². The van der Waals surface area contributed by atoms with Crippen molar-refractivity contribution in [2.75, 3.05) is 12.1 Å². The highest BCUT2D eigenvalue weighted by Gasteiger charge is 2.19. The molecule has 1 aromatic carbocycles. The van der Waals surface area contributed by atoms with Crippen molar-refractivity contribution in [3.8, 4) is 0 Å². The number of hydrogen-bond acceptors (Lipinski definition) is 4. The molecule has 1 aliphatic heterocycles. The summed E-state index contributed by atoms with van der Waals surface area (Å²) in [7, 11) is 0.